The van der Waals surface area contributed by atoms with Crippen LogP contribution in [-0.2, 0) is 25.1 Å². The van der Waals surface area contributed by atoms with Crippen molar-refractivity contribution in [1.82, 2.24) is 4.90 Å². The fraction of sp³-hybridized carbons (Fsp3) is 0.636. The van der Waals surface area contributed by atoms with Crippen molar-refractivity contribution in [1.29, 1.82) is 0 Å². The molecule has 0 N–H and O–H groups in total. The van der Waals surface area contributed by atoms with Gasteiger partial charge in [0, 0.05) is 35.4 Å². The van der Waals surface area contributed by atoms with Crippen LogP contribution < -0.4 is 0 Å². The first-order valence-electron chi connectivity index (χ1n) is 5.52. The second kappa shape index (κ2) is 6.54. The molecule has 1 rings (SSSR count). The van der Waals surface area contributed by atoms with Gasteiger partial charge in [-0.15, -0.1) is 0 Å². The molecule has 1 heterocycles. The summed E-state index contributed by atoms with van der Waals surface area (Å²) in [6.45, 7) is 2.63. The van der Waals surface area contributed by atoms with Gasteiger partial charge < -0.3 is 9.64 Å². The van der Waals surface area contributed by atoms with E-state index in [1.807, 2.05) is 0 Å². The van der Waals surface area contributed by atoms with Crippen molar-refractivity contribution in [2.45, 2.75) is 19.8 Å². The Bertz CT molecular complexity index is 364. The SMILES string of the molecule is CCOC(=O)/C=C1\CCCN1C(=O)CS(C)=O. The number of amides is 1. The van der Waals surface area contributed by atoms with Gasteiger partial charge in [0.15, 0.2) is 0 Å². The van der Waals surface area contributed by atoms with Gasteiger partial charge in [0.2, 0.25) is 5.91 Å². The average molecular weight is 259 g/mol. The lowest BCUT2D eigenvalue weighted by Crippen LogP contribution is -2.30. The third kappa shape index (κ3) is 4.30. The molecule has 0 aromatic rings. The quantitative estimate of drug-likeness (QED) is 0.542. The molecule has 1 fully saturated rings. The lowest BCUT2D eigenvalue weighted by Gasteiger charge is -2.16. The second-order valence-electron chi connectivity index (χ2n) is 3.75. The Labute approximate surface area is 103 Å². The largest absolute Gasteiger partial charge is 0.463 e. The maximum Gasteiger partial charge on any atom is 0.332 e. The van der Waals surface area contributed by atoms with E-state index in [0.717, 1.165) is 6.42 Å². The molecule has 0 saturated carbocycles. The van der Waals surface area contributed by atoms with Crippen molar-refractivity contribution in [3.05, 3.63) is 11.8 Å². The fourth-order valence-electron chi connectivity index (χ4n) is 1.70. The number of hydrogen-bond acceptors (Lipinski definition) is 4. The number of esters is 1. The van der Waals surface area contributed by atoms with E-state index in [1.165, 1.54) is 17.2 Å². The van der Waals surface area contributed by atoms with Gasteiger partial charge in [-0.2, -0.15) is 0 Å². The molecule has 0 aromatic heterocycles. The highest BCUT2D eigenvalue weighted by Gasteiger charge is 2.24. The Morgan fingerprint density at radius 1 is 1.53 bits per heavy atom. The summed E-state index contributed by atoms with van der Waals surface area (Å²) in [5.41, 5.74) is 0.666. The normalized spacial score (nSPS) is 19.4. The lowest BCUT2D eigenvalue weighted by atomic mass is 10.3. The fourth-order valence-corrected chi connectivity index (χ4v) is 2.21. The molecule has 1 aliphatic heterocycles. The molecule has 0 radical (unpaired) electrons. The van der Waals surface area contributed by atoms with Crippen LogP contribution in [0.5, 0.6) is 0 Å². The number of carbonyl (C=O) groups excluding carboxylic acids is 2. The van der Waals surface area contributed by atoms with E-state index in [4.69, 9.17) is 4.74 Å². The zero-order valence-electron chi connectivity index (χ0n) is 10.1. The van der Waals surface area contributed by atoms with E-state index < -0.39 is 16.8 Å². The van der Waals surface area contributed by atoms with Gasteiger partial charge in [-0.25, -0.2) is 4.79 Å². The van der Waals surface area contributed by atoms with Crippen LogP contribution in [0.25, 0.3) is 0 Å². The summed E-state index contributed by atoms with van der Waals surface area (Å²) in [5.74, 6) is -0.626. The minimum Gasteiger partial charge on any atom is -0.463 e. The van der Waals surface area contributed by atoms with Crippen molar-refractivity contribution in [2.24, 2.45) is 0 Å². The third-order valence-electron chi connectivity index (χ3n) is 2.36. The molecule has 17 heavy (non-hydrogen) atoms. The summed E-state index contributed by atoms with van der Waals surface area (Å²) < 4.78 is 15.8. The van der Waals surface area contributed by atoms with Gasteiger partial charge in [0.1, 0.15) is 5.75 Å². The molecule has 0 aromatic carbocycles. The number of rotatable bonds is 4. The number of allylic oxidation sites excluding steroid dienone is 1. The van der Waals surface area contributed by atoms with Gasteiger partial charge >= 0.3 is 5.97 Å². The van der Waals surface area contributed by atoms with Crippen molar-refractivity contribution < 1.29 is 18.5 Å². The molecule has 0 spiro atoms. The van der Waals surface area contributed by atoms with Gasteiger partial charge in [0.05, 0.1) is 6.61 Å². The van der Waals surface area contributed by atoms with Crippen LogP contribution in [0.4, 0.5) is 0 Å². The van der Waals surface area contributed by atoms with Crippen LogP contribution in [0, 0.1) is 0 Å². The van der Waals surface area contributed by atoms with Crippen LogP contribution in [0.15, 0.2) is 11.8 Å². The predicted molar refractivity (Wildman–Crippen MR) is 64.6 cm³/mol. The summed E-state index contributed by atoms with van der Waals surface area (Å²) in [6.07, 6.45) is 4.35. The molecule has 1 aliphatic rings. The molecule has 5 nitrogen and oxygen atoms in total. The minimum atomic E-state index is -1.16. The third-order valence-corrected chi connectivity index (χ3v) is 3.01. The first kappa shape index (κ1) is 13.9. The van der Waals surface area contributed by atoms with Crippen molar-refractivity contribution >= 4 is 22.7 Å². The Morgan fingerprint density at radius 2 is 2.24 bits per heavy atom. The first-order valence-corrected chi connectivity index (χ1v) is 7.25. The Balaban J connectivity index is 2.69. The predicted octanol–water partition coefficient (Wildman–Crippen LogP) is 0.434. The standard InChI is InChI=1S/C11H17NO4S/c1-3-16-11(14)7-9-5-4-6-12(9)10(13)8-17(2)15/h7H,3-6,8H2,1-2H3/b9-7+. The van der Waals surface area contributed by atoms with Crippen LogP contribution in [-0.4, -0.2) is 46.1 Å². The Kier molecular flexibility index (Phi) is 5.34. The molecule has 0 bridgehead atoms. The highest BCUT2D eigenvalue weighted by molar-refractivity contribution is 7.85. The number of hydrogen-bond donors (Lipinski definition) is 0. The highest BCUT2D eigenvalue weighted by Crippen LogP contribution is 2.21. The molecule has 1 atom stereocenters. The smallest absolute Gasteiger partial charge is 0.332 e. The zero-order valence-corrected chi connectivity index (χ0v) is 10.9. The monoisotopic (exact) mass is 259 g/mol. The van der Waals surface area contributed by atoms with Crippen molar-refractivity contribution in [3.63, 3.8) is 0 Å². The van der Waals surface area contributed by atoms with Gasteiger partial charge in [0.25, 0.3) is 0 Å². The van der Waals surface area contributed by atoms with Crippen LogP contribution in [0.2, 0.25) is 0 Å². The summed E-state index contributed by atoms with van der Waals surface area (Å²) in [7, 11) is -1.16. The van der Waals surface area contributed by atoms with E-state index in [9.17, 15) is 13.8 Å². The van der Waals surface area contributed by atoms with Gasteiger partial charge in [-0.1, -0.05) is 0 Å². The van der Waals surface area contributed by atoms with E-state index in [0.29, 0.717) is 25.3 Å². The summed E-state index contributed by atoms with van der Waals surface area (Å²) in [4.78, 5) is 24.6. The summed E-state index contributed by atoms with van der Waals surface area (Å²) in [5, 5.41) is 0. The van der Waals surface area contributed by atoms with E-state index in [-0.39, 0.29) is 11.7 Å². The van der Waals surface area contributed by atoms with Crippen LogP contribution in [0.1, 0.15) is 19.8 Å². The topological polar surface area (TPSA) is 63.7 Å². The molecule has 1 saturated heterocycles. The molecule has 0 aliphatic carbocycles. The maximum absolute atomic E-state index is 11.7. The van der Waals surface area contributed by atoms with Gasteiger partial charge in [-0.3, -0.25) is 9.00 Å². The Morgan fingerprint density at radius 3 is 2.82 bits per heavy atom. The number of ether oxygens (including phenoxy) is 1. The molecular weight excluding hydrogens is 242 g/mol. The van der Waals surface area contributed by atoms with Gasteiger partial charge in [-0.05, 0) is 19.8 Å². The molecule has 1 amide bonds. The summed E-state index contributed by atoms with van der Waals surface area (Å²) >= 11 is 0. The molecule has 1 unspecified atom stereocenters. The second-order valence-corrected chi connectivity index (χ2v) is 5.19. The van der Waals surface area contributed by atoms with Crippen molar-refractivity contribution in [3.8, 4) is 0 Å². The van der Waals surface area contributed by atoms with E-state index in [2.05, 4.69) is 0 Å². The van der Waals surface area contributed by atoms with Crippen molar-refractivity contribution in [2.75, 3.05) is 25.2 Å². The number of likely N-dealkylation sites (tertiary alicyclic amines) is 1. The summed E-state index contributed by atoms with van der Waals surface area (Å²) in [6, 6.07) is 0. The average Bonchev–Trinajstić information content (AvgIpc) is 2.65. The first-order chi connectivity index (χ1) is 8.04. The van der Waals surface area contributed by atoms with E-state index in [1.54, 1.807) is 6.92 Å². The van der Waals surface area contributed by atoms with E-state index >= 15 is 0 Å². The highest BCUT2D eigenvalue weighted by atomic mass is 32.2. The molecule has 96 valence electrons. The minimum absolute atomic E-state index is 0.000164. The lowest BCUT2D eigenvalue weighted by molar-refractivity contribution is -0.137. The number of nitrogens with zero attached hydrogens (tertiary/aromatic N) is 1. The number of carbonyl (C=O) groups is 2. The Hall–Kier alpha value is -1.17. The van der Waals surface area contributed by atoms with Crippen LogP contribution in [0.3, 0.4) is 0 Å². The zero-order chi connectivity index (χ0) is 12.8. The molecule has 6 heteroatoms. The maximum atomic E-state index is 11.7. The van der Waals surface area contributed by atoms with Crippen LogP contribution >= 0.6 is 0 Å². The molecular formula is C11H17NO4S.